The molecule has 1 N–H and O–H groups in total. The lowest BCUT2D eigenvalue weighted by molar-refractivity contribution is -0.0884. The Labute approximate surface area is 111 Å². The fraction of sp³-hybridized carbons (Fsp3) is 0.273. The largest absolute Gasteiger partial charge is 0.454 e. The van der Waals surface area contributed by atoms with Crippen molar-refractivity contribution in [2.45, 2.75) is 13.1 Å². The van der Waals surface area contributed by atoms with E-state index in [1.54, 1.807) is 0 Å². The molecule has 4 nitrogen and oxygen atoms in total. The number of amides is 1. The molecule has 0 bridgehead atoms. The van der Waals surface area contributed by atoms with Crippen LogP contribution in [0.3, 0.4) is 0 Å². The van der Waals surface area contributed by atoms with Crippen LogP contribution < -0.4 is 5.32 Å². The molecule has 1 amide bonds. The van der Waals surface area contributed by atoms with E-state index in [9.17, 15) is 22.8 Å². The number of carbonyl (C=O) groups excluding carboxylic acids is 2. The molecule has 0 saturated heterocycles. The topological polar surface area (TPSA) is 55.4 Å². The van der Waals surface area contributed by atoms with Crippen molar-refractivity contribution in [1.82, 2.24) is 0 Å². The van der Waals surface area contributed by atoms with Crippen molar-refractivity contribution in [3.05, 3.63) is 28.8 Å². The number of anilines is 1. The zero-order valence-corrected chi connectivity index (χ0v) is 10.4. The van der Waals surface area contributed by atoms with Crippen molar-refractivity contribution in [2.75, 3.05) is 11.9 Å². The summed E-state index contributed by atoms with van der Waals surface area (Å²) in [5, 5.41) is 2.00. The van der Waals surface area contributed by atoms with Gasteiger partial charge in [-0.25, -0.2) is 4.79 Å². The third kappa shape index (κ3) is 4.13. The second-order valence-electron chi connectivity index (χ2n) is 3.36. The minimum Gasteiger partial charge on any atom is -0.450 e. The molecule has 0 unspecified atom stereocenters. The number of halogens is 4. The summed E-state index contributed by atoms with van der Waals surface area (Å²) in [5.41, 5.74) is -1.06. The maximum absolute atomic E-state index is 12.4. The number of rotatable bonds is 3. The Balaban J connectivity index is 3.12. The Morgan fingerprint density at radius 3 is 2.53 bits per heavy atom. The third-order valence-corrected chi connectivity index (χ3v) is 2.23. The summed E-state index contributed by atoms with van der Waals surface area (Å²) in [7, 11) is 0. The zero-order valence-electron chi connectivity index (χ0n) is 9.68. The molecule has 0 aliphatic carbocycles. The number of Topliss-reactive ketones (excluding diaryl/α,β-unsaturated/α-hetero) is 1. The molecule has 104 valence electrons. The second kappa shape index (κ2) is 5.92. The Kier molecular flexibility index (Phi) is 4.77. The van der Waals surface area contributed by atoms with E-state index in [2.05, 4.69) is 10.1 Å². The molecule has 0 heterocycles. The SMILES string of the molecule is CCOC(=O)Nc1ccc(Cl)cc1C(=O)C(F)(F)F. The number of nitrogens with one attached hydrogen (secondary N) is 1. The van der Waals surface area contributed by atoms with Gasteiger partial charge in [0.2, 0.25) is 0 Å². The van der Waals surface area contributed by atoms with Gasteiger partial charge in [-0.15, -0.1) is 0 Å². The minimum atomic E-state index is -5.06. The van der Waals surface area contributed by atoms with Gasteiger partial charge in [-0.1, -0.05) is 11.6 Å². The molecule has 8 heteroatoms. The van der Waals surface area contributed by atoms with Crippen molar-refractivity contribution in [1.29, 1.82) is 0 Å². The second-order valence-corrected chi connectivity index (χ2v) is 3.80. The van der Waals surface area contributed by atoms with Gasteiger partial charge in [0.05, 0.1) is 17.9 Å². The number of ketones is 1. The number of hydrogen-bond donors (Lipinski definition) is 1. The van der Waals surface area contributed by atoms with E-state index in [1.165, 1.54) is 13.0 Å². The highest BCUT2D eigenvalue weighted by Gasteiger charge is 2.40. The maximum Gasteiger partial charge on any atom is 0.454 e. The maximum atomic E-state index is 12.4. The van der Waals surface area contributed by atoms with Crippen LogP contribution in [-0.4, -0.2) is 24.7 Å². The van der Waals surface area contributed by atoms with Crippen LogP contribution in [0.5, 0.6) is 0 Å². The Morgan fingerprint density at radius 2 is 2.00 bits per heavy atom. The van der Waals surface area contributed by atoms with E-state index < -0.39 is 23.6 Å². The summed E-state index contributed by atoms with van der Waals surface area (Å²) in [6.07, 6.45) is -6.02. The predicted molar refractivity (Wildman–Crippen MR) is 62.5 cm³/mol. The van der Waals surface area contributed by atoms with Crippen molar-refractivity contribution in [2.24, 2.45) is 0 Å². The molecule has 19 heavy (non-hydrogen) atoms. The molecule has 0 aliphatic rings. The van der Waals surface area contributed by atoms with Gasteiger partial charge in [0, 0.05) is 5.02 Å². The van der Waals surface area contributed by atoms with Crippen LogP contribution in [0, 0.1) is 0 Å². The highest BCUT2D eigenvalue weighted by atomic mass is 35.5. The van der Waals surface area contributed by atoms with Gasteiger partial charge in [-0.3, -0.25) is 10.1 Å². The average molecular weight is 296 g/mol. The highest BCUT2D eigenvalue weighted by Crippen LogP contribution is 2.28. The van der Waals surface area contributed by atoms with E-state index in [1.807, 2.05) is 0 Å². The third-order valence-electron chi connectivity index (χ3n) is 2.00. The first-order valence-electron chi connectivity index (χ1n) is 5.10. The number of alkyl halides is 3. The normalized spacial score (nSPS) is 11.0. The molecule has 0 atom stereocenters. The van der Waals surface area contributed by atoms with Gasteiger partial charge in [0.25, 0.3) is 5.78 Å². The Hall–Kier alpha value is -1.76. The number of ether oxygens (including phenoxy) is 1. The van der Waals surface area contributed by atoms with Crippen LogP contribution in [0.2, 0.25) is 5.02 Å². The number of hydrogen-bond acceptors (Lipinski definition) is 3. The van der Waals surface area contributed by atoms with Gasteiger partial charge in [0.1, 0.15) is 0 Å². The zero-order chi connectivity index (χ0) is 14.6. The summed E-state index contributed by atoms with van der Waals surface area (Å²) < 4.78 is 41.7. The highest BCUT2D eigenvalue weighted by molar-refractivity contribution is 6.31. The molecule has 0 spiro atoms. The first-order valence-corrected chi connectivity index (χ1v) is 5.48. The fourth-order valence-electron chi connectivity index (χ4n) is 1.24. The smallest absolute Gasteiger partial charge is 0.450 e. The van der Waals surface area contributed by atoms with E-state index in [-0.39, 0.29) is 17.3 Å². The Morgan fingerprint density at radius 1 is 1.37 bits per heavy atom. The first-order chi connectivity index (χ1) is 8.75. The van der Waals surface area contributed by atoms with E-state index in [0.717, 1.165) is 12.1 Å². The Bertz CT molecular complexity index is 502. The predicted octanol–water partition coefficient (Wildman–Crippen LogP) is 3.65. The van der Waals surface area contributed by atoms with Crippen LogP contribution in [0.4, 0.5) is 23.7 Å². The monoisotopic (exact) mass is 295 g/mol. The lowest BCUT2D eigenvalue weighted by atomic mass is 10.1. The van der Waals surface area contributed by atoms with Crippen LogP contribution >= 0.6 is 11.6 Å². The molecule has 1 rings (SSSR count). The van der Waals surface area contributed by atoms with Crippen molar-refractivity contribution in [3.8, 4) is 0 Å². The summed E-state index contributed by atoms with van der Waals surface area (Å²) >= 11 is 5.55. The van der Waals surface area contributed by atoms with Crippen LogP contribution in [0.15, 0.2) is 18.2 Å². The summed E-state index contributed by atoms with van der Waals surface area (Å²) in [6.45, 7) is 1.57. The number of carbonyl (C=O) groups is 2. The van der Waals surface area contributed by atoms with E-state index >= 15 is 0 Å². The van der Waals surface area contributed by atoms with Gasteiger partial charge in [0.15, 0.2) is 0 Å². The summed E-state index contributed by atoms with van der Waals surface area (Å²) in [5.74, 6) is -2.10. The molecule has 1 aromatic rings. The molecule has 0 aliphatic heterocycles. The average Bonchev–Trinajstić information content (AvgIpc) is 2.29. The van der Waals surface area contributed by atoms with Gasteiger partial charge in [-0.05, 0) is 25.1 Å². The lowest BCUT2D eigenvalue weighted by Crippen LogP contribution is -2.25. The molecular weight excluding hydrogens is 287 g/mol. The molecule has 1 aromatic carbocycles. The van der Waals surface area contributed by atoms with Crippen LogP contribution in [-0.2, 0) is 4.74 Å². The standard InChI is InChI=1S/C11H9ClF3NO3/c1-2-19-10(18)16-8-4-3-6(12)5-7(8)9(17)11(13,14)15/h3-5H,2H2,1H3,(H,16,18). The lowest BCUT2D eigenvalue weighted by Gasteiger charge is -2.12. The molecule has 0 aromatic heterocycles. The van der Waals surface area contributed by atoms with E-state index in [4.69, 9.17) is 11.6 Å². The van der Waals surface area contributed by atoms with Gasteiger partial charge >= 0.3 is 12.3 Å². The summed E-state index contributed by atoms with van der Waals surface area (Å²) in [6, 6.07) is 3.17. The van der Waals surface area contributed by atoms with E-state index in [0.29, 0.717) is 0 Å². The van der Waals surface area contributed by atoms with Crippen LogP contribution in [0.25, 0.3) is 0 Å². The fourth-order valence-corrected chi connectivity index (χ4v) is 1.42. The number of benzene rings is 1. The molecule has 0 saturated carbocycles. The van der Waals surface area contributed by atoms with Crippen molar-refractivity contribution < 1.29 is 27.5 Å². The van der Waals surface area contributed by atoms with Gasteiger partial charge in [-0.2, -0.15) is 13.2 Å². The molecular formula is C11H9ClF3NO3. The van der Waals surface area contributed by atoms with Crippen molar-refractivity contribution in [3.63, 3.8) is 0 Å². The first kappa shape index (κ1) is 15.3. The minimum absolute atomic E-state index is 0.0436. The molecule has 0 radical (unpaired) electrons. The quantitative estimate of drug-likeness (QED) is 0.866. The van der Waals surface area contributed by atoms with Gasteiger partial charge < -0.3 is 4.74 Å². The van der Waals surface area contributed by atoms with Crippen LogP contribution in [0.1, 0.15) is 17.3 Å². The molecule has 0 fully saturated rings. The summed E-state index contributed by atoms with van der Waals surface area (Å²) in [4.78, 5) is 22.4. The van der Waals surface area contributed by atoms with Crippen molar-refractivity contribution >= 4 is 29.2 Å².